The number of carbonyl (C=O) groups is 2. The summed E-state index contributed by atoms with van der Waals surface area (Å²) in [5, 5.41) is 6.10. The van der Waals surface area contributed by atoms with Crippen LogP contribution in [-0.4, -0.2) is 25.4 Å². The van der Waals surface area contributed by atoms with Crippen molar-refractivity contribution in [3.05, 3.63) is 0 Å². The Kier molecular flexibility index (Phi) is 10.1. The lowest BCUT2D eigenvalue weighted by atomic mass is 10.2. The molecule has 0 atom stereocenters. The number of amides is 2. The molecule has 0 aromatic carbocycles. The van der Waals surface area contributed by atoms with Crippen LogP contribution in [0.5, 0.6) is 0 Å². The Bertz CT molecular complexity index is 254. The SMILES string of the molecule is CCCCCCCOC(=O)/N=N/C(=O)OCC. The van der Waals surface area contributed by atoms with Gasteiger partial charge in [-0.25, -0.2) is 9.59 Å². The number of nitrogens with zero attached hydrogens (tertiary/aromatic N) is 2. The Hall–Kier alpha value is -1.46. The second-order valence-electron chi connectivity index (χ2n) is 3.43. The van der Waals surface area contributed by atoms with Crippen LogP contribution >= 0.6 is 0 Å². The quantitative estimate of drug-likeness (QED) is 0.505. The molecule has 0 aliphatic carbocycles. The smallest absolute Gasteiger partial charge is 0.447 e. The third-order valence-corrected chi connectivity index (χ3v) is 1.95. The van der Waals surface area contributed by atoms with Crippen LogP contribution < -0.4 is 0 Å². The predicted octanol–water partition coefficient (Wildman–Crippen LogP) is 3.70. The summed E-state index contributed by atoms with van der Waals surface area (Å²) in [6.07, 6.45) is 3.60. The highest BCUT2D eigenvalue weighted by Gasteiger charge is 2.02. The summed E-state index contributed by atoms with van der Waals surface area (Å²) in [5.74, 6) is 0. The second-order valence-corrected chi connectivity index (χ2v) is 3.43. The fraction of sp³-hybridized carbons (Fsp3) is 0.818. The predicted molar refractivity (Wildman–Crippen MR) is 62.0 cm³/mol. The summed E-state index contributed by atoms with van der Waals surface area (Å²) in [7, 11) is 0. The van der Waals surface area contributed by atoms with Crippen LogP contribution in [0.15, 0.2) is 10.2 Å². The molecule has 2 amide bonds. The standard InChI is InChI=1S/C11H20N2O4/c1-3-5-6-7-8-9-17-11(15)13-12-10(14)16-4-2/h3-9H2,1-2H3/b13-12+. The number of unbranched alkanes of at least 4 members (excludes halogenated alkanes) is 4. The van der Waals surface area contributed by atoms with Gasteiger partial charge < -0.3 is 9.47 Å². The third kappa shape index (κ3) is 10.8. The molecule has 0 unspecified atom stereocenters. The van der Waals surface area contributed by atoms with Gasteiger partial charge in [0.1, 0.15) is 0 Å². The van der Waals surface area contributed by atoms with Crippen molar-refractivity contribution in [3.8, 4) is 0 Å². The van der Waals surface area contributed by atoms with Crippen LogP contribution in [0.25, 0.3) is 0 Å². The largest absolute Gasteiger partial charge is 0.452 e. The molecule has 0 saturated heterocycles. The molecule has 0 aliphatic rings. The Morgan fingerprint density at radius 1 is 0.882 bits per heavy atom. The maximum absolute atomic E-state index is 11.0. The fourth-order valence-electron chi connectivity index (χ4n) is 1.13. The minimum Gasteiger partial charge on any atom is -0.447 e. The van der Waals surface area contributed by atoms with Gasteiger partial charge in [0.05, 0.1) is 13.2 Å². The molecule has 0 fully saturated rings. The van der Waals surface area contributed by atoms with Crippen LogP contribution in [0.2, 0.25) is 0 Å². The first-order valence-electron chi connectivity index (χ1n) is 5.96. The van der Waals surface area contributed by atoms with Crippen LogP contribution in [0, 0.1) is 0 Å². The molecule has 6 heteroatoms. The van der Waals surface area contributed by atoms with Gasteiger partial charge in [0, 0.05) is 0 Å². The van der Waals surface area contributed by atoms with E-state index in [1.807, 2.05) is 0 Å². The van der Waals surface area contributed by atoms with Gasteiger partial charge in [-0.15, -0.1) is 0 Å². The van der Waals surface area contributed by atoms with E-state index in [4.69, 9.17) is 4.74 Å². The van der Waals surface area contributed by atoms with E-state index in [1.54, 1.807) is 6.92 Å². The topological polar surface area (TPSA) is 77.3 Å². The van der Waals surface area contributed by atoms with Crippen molar-refractivity contribution in [2.75, 3.05) is 13.2 Å². The Morgan fingerprint density at radius 2 is 1.47 bits per heavy atom. The second kappa shape index (κ2) is 11.0. The molecule has 0 N–H and O–H groups in total. The lowest BCUT2D eigenvalue weighted by Gasteiger charge is -2.00. The van der Waals surface area contributed by atoms with Crippen molar-refractivity contribution in [2.45, 2.75) is 46.0 Å². The Balaban J connectivity index is 3.49. The number of azo groups is 1. The van der Waals surface area contributed by atoms with E-state index >= 15 is 0 Å². The van der Waals surface area contributed by atoms with E-state index in [1.165, 1.54) is 12.8 Å². The van der Waals surface area contributed by atoms with E-state index < -0.39 is 12.2 Å². The number of hydrogen-bond acceptors (Lipinski definition) is 4. The van der Waals surface area contributed by atoms with Crippen molar-refractivity contribution in [1.29, 1.82) is 0 Å². The van der Waals surface area contributed by atoms with Gasteiger partial charge in [-0.05, 0) is 13.3 Å². The van der Waals surface area contributed by atoms with Gasteiger partial charge in [-0.3, -0.25) is 0 Å². The lowest BCUT2D eigenvalue weighted by molar-refractivity contribution is 0.147. The summed E-state index contributed by atoms with van der Waals surface area (Å²) >= 11 is 0. The maximum Gasteiger partial charge on any atom is 0.452 e. The van der Waals surface area contributed by atoms with Crippen LogP contribution in [0.3, 0.4) is 0 Å². The number of ether oxygens (including phenoxy) is 2. The molecule has 0 spiro atoms. The van der Waals surface area contributed by atoms with Crippen LogP contribution in [-0.2, 0) is 9.47 Å². The molecular weight excluding hydrogens is 224 g/mol. The maximum atomic E-state index is 11.0. The first-order chi connectivity index (χ1) is 8.20. The first-order valence-corrected chi connectivity index (χ1v) is 5.96. The Morgan fingerprint density at radius 3 is 2.06 bits per heavy atom. The molecule has 0 aromatic heterocycles. The summed E-state index contributed by atoms with van der Waals surface area (Å²) in [4.78, 5) is 21.7. The molecule has 0 aliphatic heterocycles. The van der Waals surface area contributed by atoms with E-state index in [9.17, 15) is 9.59 Å². The number of rotatable bonds is 7. The Labute approximate surface area is 101 Å². The summed E-state index contributed by atoms with van der Waals surface area (Å²) in [5.41, 5.74) is 0. The molecule has 0 rings (SSSR count). The van der Waals surface area contributed by atoms with Crippen molar-refractivity contribution in [3.63, 3.8) is 0 Å². The van der Waals surface area contributed by atoms with E-state index in [-0.39, 0.29) is 6.61 Å². The number of carbonyl (C=O) groups excluding carboxylic acids is 2. The molecular formula is C11H20N2O4. The van der Waals surface area contributed by atoms with Gasteiger partial charge in [0.25, 0.3) is 0 Å². The van der Waals surface area contributed by atoms with E-state index in [0.717, 1.165) is 19.3 Å². The molecule has 0 saturated carbocycles. The summed E-state index contributed by atoms with van der Waals surface area (Å²) in [6.45, 7) is 4.28. The molecule has 17 heavy (non-hydrogen) atoms. The highest BCUT2D eigenvalue weighted by Crippen LogP contribution is 2.02. The van der Waals surface area contributed by atoms with Crippen LogP contribution in [0.4, 0.5) is 9.59 Å². The molecule has 0 bridgehead atoms. The van der Waals surface area contributed by atoms with Gasteiger partial charge in [0.15, 0.2) is 0 Å². The zero-order valence-corrected chi connectivity index (χ0v) is 10.5. The molecule has 0 heterocycles. The van der Waals surface area contributed by atoms with E-state index in [2.05, 4.69) is 21.9 Å². The first kappa shape index (κ1) is 15.5. The van der Waals surface area contributed by atoms with E-state index in [0.29, 0.717) is 6.61 Å². The average molecular weight is 244 g/mol. The molecule has 98 valence electrons. The third-order valence-electron chi connectivity index (χ3n) is 1.95. The van der Waals surface area contributed by atoms with Crippen molar-refractivity contribution in [1.82, 2.24) is 0 Å². The zero-order valence-electron chi connectivity index (χ0n) is 10.5. The molecule has 0 aromatic rings. The summed E-state index contributed by atoms with van der Waals surface area (Å²) < 4.78 is 9.20. The minimum atomic E-state index is -0.882. The highest BCUT2D eigenvalue weighted by atomic mass is 16.6. The highest BCUT2D eigenvalue weighted by molar-refractivity contribution is 5.73. The fourth-order valence-corrected chi connectivity index (χ4v) is 1.13. The molecule has 6 nitrogen and oxygen atoms in total. The van der Waals surface area contributed by atoms with Crippen molar-refractivity contribution in [2.24, 2.45) is 10.2 Å². The monoisotopic (exact) mass is 244 g/mol. The zero-order chi connectivity index (χ0) is 12.9. The van der Waals surface area contributed by atoms with Crippen LogP contribution in [0.1, 0.15) is 46.0 Å². The minimum absolute atomic E-state index is 0.199. The van der Waals surface area contributed by atoms with Gasteiger partial charge in [0.2, 0.25) is 0 Å². The normalized spacial score (nSPS) is 10.5. The number of hydrogen-bond donors (Lipinski definition) is 0. The lowest BCUT2D eigenvalue weighted by Crippen LogP contribution is -2.02. The van der Waals surface area contributed by atoms with Gasteiger partial charge in [-0.1, -0.05) is 42.8 Å². The molecule has 0 radical (unpaired) electrons. The van der Waals surface area contributed by atoms with Gasteiger partial charge in [-0.2, -0.15) is 0 Å². The van der Waals surface area contributed by atoms with Gasteiger partial charge >= 0.3 is 12.2 Å². The van der Waals surface area contributed by atoms with Crippen molar-refractivity contribution < 1.29 is 19.1 Å². The summed E-state index contributed by atoms with van der Waals surface area (Å²) in [6, 6.07) is 0. The van der Waals surface area contributed by atoms with Crippen molar-refractivity contribution >= 4 is 12.2 Å². The average Bonchev–Trinajstić information content (AvgIpc) is 2.31.